The van der Waals surface area contributed by atoms with Crippen LogP contribution in [0, 0.1) is 6.92 Å². The highest BCUT2D eigenvalue weighted by Crippen LogP contribution is 2.23. The van der Waals surface area contributed by atoms with Gasteiger partial charge in [0.2, 0.25) is 0 Å². The number of nitrogens with zero attached hydrogens (tertiary/aromatic N) is 5. The predicted molar refractivity (Wildman–Crippen MR) is 148 cm³/mol. The summed E-state index contributed by atoms with van der Waals surface area (Å²) in [6.07, 6.45) is 4.18. The molecule has 3 aromatic rings. The van der Waals surface area contributed by atoms with Gasteiger partial charge in [0.05, 0.1) is 23.6 Å². The number of aromatic nitrogens is 3. The zero-order valence-corrected chi connectivity index (χ0v) is 23.0. The number of hydrogen-bond donors (Lipinski definition) is 2. The standard InChI is InChI=1S/C27H30ClN7O4/c1-17-5-8-22(30-14-17)33-24(36)19-13-18(28)6-7-20(19)32-25(37)21-15-31-23(16-29-21)34-9-11-35(12-10-34)26(38)39-27(2,3)4/h5-8,13-16H,9-12H2,1-4H3,(H,32,37)(H,30,33,36). The normalized spacial score (nSPS) is 13.6. The lowest BCUT2D eigenvalue weighted by Crippen LogP contribution is -2.50. The molecule has 2 N–H and O–H groups in total. The summed E-state index contributed by atoms with van der Waals surface area (Å²) >= 11 is 6.12. The summed E-state index contributed by atoms with van der Waals surface area (Å²) in [5.74, 6) is -0.0477. The van der Waals surface area contributed by atoms with Crippen molar-refractivity contribution in [3.8, 4) is 0 Å². The van der Waals surface area contributed by atoms with E-state index in [2.05, 4.69) is 25.6 Å². The summed E-state index contributed by atoms with van der Waals surface area (Å²) < 4.78 is 5.43. The third kappa shape index (κ3) is 7.41. The van der Waals surface area contributed by atoms with Gasteiger partial charge in [0.25, 0.3) is 11.8 Å². The van der Waals surface area contributed by atoms with Crippen molar-refractivity contribution >= 4 is 46.8 Å². The molecule has 0 saturated carbocycles. The van der Waals surface area contributed by atoms with E-state index in [1.54, 1.807) is 29.3 Å². The van der Waals surface area contributed by atoms with Crippen LogP contribution in [0.1, 0.15) is 47.2 Å². The van der Waals surface area contributed by atoms with E-state index in [0.29, 0.717) is 42.8 Å². The van der Waals surface area contributed by atoms with Gasteiger partial charge in [-0.15, -0.1) is 0 Å². The van der Waals surface area contributed by atoms with E-state index in [9.17, 15) is 14.4 Å². The minimum absolute atomic E-state index is 0.0765. The first kappa shape index (κ1) is 27.8. The Labute approximate surface area is 231 Å². The highest BCUT2D eigenvalue weighted by Gasteiger charge is 2.26. The number of piperazine rings is 1. The van der Waals surface area contributed by atoms with Crippen molar-refractivity contribution < 1.29 is 19.1 Å². The zero-order valence-electron chi connectivity index (χ0n) is 22.2. The molecule has 0 unspecified atom stereocenters. The van der Waals surface area contributed by atoms with E-state index in [0.717, 1.165) is 5.56 Å². The lowest BCUT2D eigenvalue weighted by molar-refractivity contribution is 0.0240. The van der Waals surface area contributed by atoms with Gasteiger partial charge < -0.3 is 25.2 Å². The van der Waals surface area contributed by atoms with Gasteiger partial charge in [0.1, 0.15) is 22.9 Å². The van der Waals surface area contributed by atoms with Gasteiger partial charge in [-0.2, -0.15) is 0 Å². The summed E-state index contributed by atoms with van der Waals surface area (Å²) in [4.78, 5) is 54.6. The fourth-order valence-electron chi connectivity index (χ4n) is 3.77. The first-order chi connectivity index (χ1) is 18.5. The van der Waals surface area contributed by atoms with E-state index in [-0.39, 0.29) is 23.0 Å². The Morgan fingerprint density at radius 3 is 2.26 bits per heavy atom. The van der Waals surface area contributed by atoms with Crippen molar-refractivity contribution in [2.45, 2.75) is 33.3 Å². The molecule has 39 heavy (non-hydrogen) atoms. The molecule has 1 fully saturated rings. The summed E-state index contributed by atoms with van der Waals surface area (Å²) in [7, 11) is 0. The van der Waals surface area contributed by atoms with Gasteiger partial charge in [-0.05, 0) is 57.5 Å². The van der Waals surface area contributed by atoms with Crippen molar-refractivity contribution in [3.05, 3.63) is 70.8 Å². The van der Waals surface area contributed by atoms with Crippen LogP contribution in [0.3, 0.4) is 0 Å². The van der Waals surface area contributed by atoms with Crippen LogP contribution in [0.25, 0.3) is 0 Å². The molecule has 204 valence electrons. The molecule has 0 spiro atoms. The first-order valence-electron chi connectivity index (χ1n) is 12.4. The fourth-order valence-corrected chi connectivity index (χ4v) is 3.94. The van der Waals surface area contributed by atoms with Gasteiger partial charge in [-0.25, -0.2) is 19.7 Å². The molecule has 1 saturated heterocycles. The van der Waals surface area contributed by atoms with Gasteiger partial charge in [0, 0.05) is 37.4 Å². The molecule has 0 bridgehead atoms. The number of aryl methyl sites for hydroxylation is 1. The van der Waals surface area contributed by atoms with Crippen molar-refractivity contribution in [1.29, 1.82) is 0 Å². The second kappa shape index (κ2) is 11.6. The van der Waals surface area contributed by atoms with Gasteiger partial charge in [-0.3, -0.25) is 9.59 Å². The fraction of sp³-hybridized carbons (Fsp3) is 0.333. The van der Waals surface area contributed by atoms with Crippen molar-refractivity contribution in [2.75, 3.05) is 41.7 Å². The number of rotatable bonds is 5. The predicted octanol–water partition coefficient (Wildman–Crippen LogP) is 4.40. The summed E-state index contributed by atoms with van der Waals surface area (Å²) in [6, 6.07) is 8.09. The number of hydrogen-bond acceptors (Lipinski definition) is 8. The topological polar surface area (TPSA) is 130 Å². The second-order valence-electron chi connectivity index (χ2n) is 10.0. The SMILES string of the molecule is Cc1ccc(NC(=O)c2cc(Cl)ccc2NC(=O)c2cnc(N3CCN(C(=O)OC(C)(C)C)CC3)cn2)nc1. The molecule has 11 nitrogen and oxygen atoms in total. The first-order valence-corrected chi connectivity index (χ1v) is 12.8. The number of carbonyl (C=O) groups is 3. The summed E-state index contributed by atoms with van der Waals surface area (Å²) in [5.41, 5.74) is 0.917. The lowest BCUT2D eigenvalue weighted by Gasteiger charge is -2.36. The van der Waals surface area contributed by atoms with Crippen LogP contribution in [0.15, 0.2) is 48.9 Å². The largest absolute Gasteiger partial charge is 0.444 e. The average molecular weight is 552 g/mol. The molecule has 0 aliphatic carbocycles. The van der Waals surface area contributed by atoms with Crippen molar-refractivity contribution in [1.82, 2.24) is 19.9 Å². The van der Waals surface area contributed by atoms with Gasteiger partial charge in [0.15, 0.2) is 0 Å². The van der Waals surface area contributed by atoms with E-state index in [1.807, 2.05) is 38.7 Å². The Morgan fingerprint density at radius 2 is 1.64 bits per heavy atom. The Morgan fingerprint density at radius 1 is 0.897 bits per heavy atom. The molecule has 12 heteroatoms. The number of carbonyl (C=O) groups excluding carboxylic acids is 3. The van der Waals surface area contributed by atoms with E-state index in [4.69, 9.17) is 16.3 Å². The maximum atomic E-state index is 12.9. The Balaban J connectivity index is 1.39. The van der Waals surface area contributed by atoms with Crippen LogP contribution in [0.5, 0.6) is 0 Å². The highest BCUT2D eigenvalue weighted by molar-refractivity contribution is 6.31. The third-order valence-corrected chi connectivity index (χ3v) is 5.99. The van der Waals surface area contributed by atoms with E-state index < -0.39 is 17.4 Å². The zero-order chi connectivity index (χ0) is 28.2. The van der Waals surface area contributed by atoms with Crippen LogP contribution in [0.2, 0.25) is 5.02 Å². The lowest BCUT2D eigenvalue weighted by atomic mass is 10.1. The number of halogens is 1. The van der Waals surface area contributed by atoms with Gasteiger partial charge >= 0.3 is 6.09 Å². The molecular weight excluding hydrogens is 522 g/mol. The Bertz CT molecular complexity index is 1350. The van der Waals surface area contributed by atoms with E-state index in [1.165, 1.54) is 18.5 Å². The molecule has 1 aliphatic rings. The molecular formula is C27H30ClN7O4. The molecule has 0 atom stereocenters. The Kier molecular flexibility index (Phi) is 8.29. The van der Waals surface area contributed by atoms with Crippen molar-refractivity contribution in [2.24, 2.45) is 0 Å². The number of nitrogens with one attached hydrogen (secondary N) is 2. The second-order valence-corrected chi connectivity index (χ2v) is 10.5. The minimum atomic E-state index is -0.551. The minimum Gasteiger partial charge on any atom is -0.444 e. The number of anilines is 3. The van der Waals surface area contributed by atoms with Crippen LogP contribution >= 0.6 is 11.6 Å². The molecule has 0 radical (unpaired) electrons. The summed E-state index contributed by atoms with van der Waals surface area (Å²) in [6.45, 7) is 9.47. The molecule has 2 aromatic heterocycles. The van der Waals surface area contributed by atoms with Crippen LogP contribution in [-0.4, -0.2) is 69.5 Å². The molecule has 1 aliphatic heterocycles. The quantitative estimate of drug-likeness (QED) is 0.477. The number of ether oxygens (including phenoxy) is 1. The van der Waals surface area contributed by atoms with Crippen LogP contribution in [0.4, 0.5) is 22.1 Å². The average Bonchev–Trinajstić information content (AvgIpc) is 2.90. The van der Waals surface area contributed by atoms with E-state index >= 15 is 0 Å². The number of amides is 3. The molecule has 4 rings (SSSR count). The monoisotopic (exact) mass is 551 g/mol. The maximum Gasteiger partial charge on any atom is 0.410 e. The molecule has 3 heterocycles. The maximum absolute atomic E-state index is 12.9. The van der Waals surface area contributed by atoms with Gasteiger partial charge in [-0.1, -0.05) is 17.7 Å². The smallest absolute Gasteiger partial charge is 0.410 e. The summed E-state index contributed by atoms with van der Waals surface area (Å²) in [5, 5.41) is 5.76. The Hall–Kier alpha value is -4.25. The van der Waals surface area contributed by atoms with Crippen LogP contribution < -0.4 is 15.5 Å². The van der Waals surface area contributed by atoms with Crippen molar-refractivity contribution in [3.63, 3.8) is 0 Å². The van der Waals surface area contributed by atoms with Crippen LogP contribution in [-0.2, 0) is 4.74 Å². The molecule has 3 amide bonds. The third-order valence-electron chi connectivity index (χ3n) is 5.75. The molecule has 1 aromatic carbocycles. The highest BCUT2D eigenvalue weighted by atomic mass is 35.5. The number of benzene rings is 1. The number of pyridine rings is 1.